The summed E-state index contributed by atoms with van der Waals surface area (Å²) in [5, 5.41) is 8.67. The first-order valence-electron chi connectivity index (χ1n) is 3.82. The molecule has 0 aliphatic heterocycles. The van der Waals surface area contributed by atoms with Crippen molar-refractivity contribution in [3.63, 3.8) is 0 Å². The average Bonchev–Trinajstić information content (AvgIpc) is 1.81. The molecule has 0 saturated carbocycles. The third kappa shape index (κ3) is 5.71. The summed E-state index contributed by atoms with van der Waals surface area (Å²) in [5.41, 5.74) is 0. The van der Waals surface area contributed by atoms with Crippen molar-refractivity contribution in [3.05, 3.63) is 0 Å². The average molecular weight is 168 g/mol. The van der Waals surface area contributed by atoms with E-state index in [1.54, 1.807) is 0 Å². The van der Waals surface area contributed by atoms with Crippen LogP contribution in [0, 0.1) is 11.8 Å². The Bertz CT molecular complexity index is 118. The number of carboxylic acid groups (broad SMARTS) is 1. The van der Waals surface area contributed by atoms with Crippen LogP contribution in [-0.2, 0) is 4.79 Å². The Morgan fingerprint density at radius 2 is 2.00 bits per heavy atom. The molecule has 0 radical (unpaired) electrons. The monoisotopic (exact) mass is 168 g/mol. The van der Waals surface area contributed by atoms with Crippen molar-refractivity contribution in [1.82, 2.24) is 0 Å². The van der Waals surface area contributed by atoms with Crippen LogP contribution in [-0.4, -0.2) is 11.1 Å². The summed E-state index contributed by atoms with van der Waals surface area (Å²) in [6.45, 7) is 5.92. The van der Waals surface area contributed by atoms with Crippen LogP contribution < -0.4 is 29.6 Å². The van der Waals surface area contributed by atoms with Crippen molar-refractivity contribution < 1.29 is 40.9 Å². The van der Waals surface area contributed by atoms with E-state index in [-0.39, 0.29) is 42.8 Å². The number of carboxylic acids is 1. The fourth-order valence-electron chi connectivity index (χ4n) is 1.05. The van der Waals surface area contributed by atoms with Gasteiger partial charge in [0.1, 0.15) is 0 Å². The van der Waals surface area contributed by atoms with Crippen LogP contribution in [0.3, 0.4) is 0 Å². The maximum absolute atomic E-state index is 10.5. The molecule has 0 spiro atoms. The Morgan fingerprint density at radius 1 is 1.55 bits per heavy atom. The summed E-state index contributed by atoms with van der Waals surface area (Å²) in [4.78, 5) is 10.5. The van der Waals surface area contributed by atoms with Gasteiger partial charge >= 0.3 is 35.5 Å². The fraction of sp³-hybridized carbons (Fsp3) is 0.875. The zero-order valence-electron chi connectivity index (χ0n) is 8.92. The maximum Gasteiger partial charge on any atom is 1.00 e. The Kier molecular flexibility index (Phi) is 9.10. The van der Waals surface area contributed by atoms with Gasteiger partial charge in [-0.1, -0.05) is 27.2 Å². The molecular formula is C8H17NaO2. The minimum atomic E-state index is -0.656. The molecule has 3 heteroatoms. The van der Waals surface area contributed by atoms with E-state index in [0.717, 1.165) is 12.8 Å². The number of aliphatic carboxylic acids is 1. The first-order valence-corrected chi connectivity index (χ1v) is 3.82. The second-order valence-corrected chi connectivity index (χ2v) is 2.98. The Hall–Kier alpha value is 0.470. The molecule has 1 unspecified atom stereocenters. The van der Waals surface area contributed by atoms with Gasteiger partial charge in [-0.25, -0.2) is 0 Å². The molecule has 1 atom stereocenters. The van der Waals surface area contributed by atoms with E-state index in [4.69, 9.17) is 5.11 Å². The van der Waals surface area contributed by atoms with Crippen molar-refractivity contribution in [3.8, 4) is 0 Å². The van der Waals surface area contributed by atoms with Crippen LogP contribution in [0.25, 0.3) is 0 Å². The van der Waals surface area contributed by atoms with E-state index in [1.165, 1.54) is 0 Å². The van der Waals surface area contributed by atoms with Crippen molar-refractivity contribution in [2.75, 3.05) is 0 Å². The molecule has 0 rings (SSSR count). The van der Waals surface area contributed by atoms with Crippen LogP contribution in [0.2, 0.25) is 0 Å². The Labute approximate surface area is 92.1 Å². The SMILES string of the molecule is CCCC(C(=O)O)C(C)C.[H-].[Na+]. The van der Waals surface area contributed by atoms with Gasteiger partial charge in [0.25, 0.3) is 0 Å². The van der Waals surface area contributed by atoms with E-state index in [0.29, 0.717) is 0 Å². The molecule has 0 heterocycles. The zero-order valence-corrected chi connectivity index (χ0v) is 9.92. The van der Waals surface area contributed by atoms with E-state index >= 15 is 0 Å². The number of hydrogen-bond acceptors (Lipinski definition) is 1. The van der Waals surface area contributed by atoms with Gasteiger partial charge in [0, 0.05) is 0 Å². The van der Waals surface area contributed by atoms with Gasteiger partial charge in [-0.3, -0.25) is 4.79 Å². The zero-order chi connectivity index (χ0) is 8.15. The standard InChI is InChI=1S/C8H16O2.Na.H/c1-4-5-7(6(2)3)8(9)10;;/h6-7H,4-5H2,1-3H3,(H,9,10);;/q;+1;-1. The molecular weight excluding hydrogens is 151 g/mol. The van der Waals surface area contributed by atoms with Crippen molar-refractivity contribution in [1.29, 1.82) is 0 Å². The van der Waals surface area contributed by atoms with Crippen LogP contribution in [0.4, 0.5) is 0 Å². The van der Waals surface area contributed by atoms with Gasteiger partial charge in [-0.05, 0) is 12.3 Å². The second kappa shape index (κ2) is 7.14. The molecule has 62 valence electrons. The minimum absolute atomic E-state index is 0. The van der Waals surface area contributed by atoms with E-state index in [9.17, 15) is 4.79 Å². The summed E-state index contributed by atoms with van der Waals surface area (Å²) in [6.07, 6.45) is 1.75. The molecule has 0 aromatic carbocycles. The predicted molar refractivity (Wildman–Crippen MR) is 42.0 cm³/mol. The summed E-state index contributed by atoms with van der Waals surface area (Å²) in [5.74, 6) is -0.542. The molecule has 0 fully saturated rings. The molecule has 0 saturated heterocycles. The van der Waals surface area contributed by atoms with E-state index < -0.39 is 5.97 Å². The minimum Gasteiger partial charge on any atom is -1.00 e. The van der Waals surface area contributed by atoms with Gasteiger partial charge in [-0.2, -0.15) is 0 Å². The quantitative estimate of drug-likeness (QED) is 0.561. The number of carbonyl (C=O) groups is 1. The van der Waals surface area contributed by atoms with Crippen LogP contribution >= 0.6 is 0 Å². The van der Waals surface area contributed by atoms with E-state index in [1.807, 2.05) is 20.8 Å². The molecule has 0 aromatic heterocycles. The molecule has 2 nitrogen and oxygen atoms in total. The molecule has 0 bridgehead atoms. The Morgan fingerprint density at radius 3 is 2.09 bits per heavy atom. The normalized spacial score (nSPS) is 12.4. The van der Waals surface area contributed by atoms with Gasteiger partial charge < -0.3 is 6.53 Å². The number of hydrogen-bond donors (Lipinski definition) is 1. The van der Waals surface area contributed by atoms with Gasteiger partial charge in [0.2, 0.25) is 0 Å². The molecule has 0 aliphatic carbocycles. The topological polar surface area (TPSA) is 37.3 Å². The maximum atomic E-state index is 10.5. The van der Waals surface area contributed by atoms with Gasteiger partial charge in [-0.15, -0.1) is 0 Å². The third-order valence-corrected chi connectivity index (χ3v) is 1.72. The third-order valence-electron chi connectivity index (χ3n) is 1.72. The van der Waals surface area contributed by atoms with Crippen LogP contribution in [0.5, 0.6) is 0 Å². The molecule has 1 N–H and O–H groups in total. The van der Waals surface area contributed by atoms with Crippen molar-refractivity contribution in [2.45, 2.75) is 33.6 Å². The summed E-state index contributed by atoms with van der Waals surface area (Å²) >= 11 is 0. The summed E-state index contributed by atoms with van der Waals surface area (Å²) < 4.78 is 0. The summed E-state index contributed by atoms with van der Waals surface area (Å²) in [7, 11) is 0. The van der Waals surface area contributed by atoms with Gasteiger partial charge in [0.15, 0.2) is 0 Å². The molecule has 0 amide bonds. The Balaban J connectivity index is -0.000000405. The summed E-state index contributed by atoms with van der Waals surface area (Å²) in [6, 6.07) is 0. The smallest absolute Gasteiger partial charge is 1.00 e. The fourth-order valence-corrected chi connectivity index (χ4v) is 1.05. The van der Waals surface area contributed by atoms with Crippen molar-refractivity contribution in [2.24, 2.45) is 11.8 Å². The largest absolute Gasteiger partial charge is 1.00 e. The molecule has 0 aromatic rings. The molecule has 11 heavy (non-hydrogen) atoms. The van der Waals surface area contributed by atoms with Crippen LogP contribution in [0.15, 0.2) is 0 Å². The first-order chi connectivity index (χ1) is 4.59. The van der Waals surface area contributed by atoms with Gasteiger partial charge in [0.05, 0.1) is 5.92 Å². The van der Waals surface area contributed by atoms with E-state index in [2.05, 4.69) is 0 Å². The van der Waals surface area contributed by atoms with Crippen LogP contribution in [0.1, 0.15) is 35.0 Å². The van der Waals surface area contributed by atoms with Crippen molar-refractivity contribution >= 4 is 5.97 Å². The molecule has 0 aliphatic rings. The first kappa shape index (κ1) is 14.0. The predicted octanol–water partition coefficient (Wildman–Crippen LogP) is -0.740. The second-order valence-electron chi connectivity index (χ2n) is 2.98. The number of rotatable bonds is 4.